The van der Waals surface area contributed by atoms with E-state index in [-0.39, 0.29) is 18.5 Å². The molecule has 0 aliphatic rings. The van der Waals surface area contributed by atoms with E-state index >= 15 is 0 Å². The van der Waals surface area contributed by atoms with Crippen LogP contribution in [0.2, 0.25) is 0 Å². The van der Waals surface area contributed by atoms with Crippen molar-refractivity contribution < 1.29 is 22.4 Å². The minimum Gasteiger partial charge on any atom is -0.305 e. The predicted octanol–water partition coefficient (Wildman–Crippen LogP) is 2.86. The number of hydrogen-bond acceptors (Lipinski definition) is 3. The van der Waals surface area contributed by atoms with Crippen molar-refractivity contribution in [3.05, 3.63) is 29.8 Å². The van der Waals surface area contributed by atoms with E-state index in [0.29, 0.717) is 0 Å². The van der Waals surface area contributed by atoms with Crippen LogP contribution in [0.1, 0.15) is 13.8 Å². The van der Waals surface area contributed by atoms with Crippen LogP contribution in [0.5, 0.6) is 0 Å². The first-order chi connectivity index (χ1) is 7.53. The van der Waals surface area contributed by atoms with Gasteiger partial charge in [-0.15, -0.1) is 0 Å². The highest BCUT2D eigenvalue weighted by atomic mass is 31.2. The Balaban J connectivity index is 3.20. The third-order valence-corrected chi connectivity index (χ3v) is 3.93. The quantitative estimate of drug-likeness (QED) is 0.754. The molecule has 0 radical (unpaired) electrons. The molecular weight excluding hydrogens is 237 g/mol. The summed E-state index contributed by atoms with van der Waals surface area (Å²) >= 11 is 0. The molecule has 0 fully saturated rings. The van der Waals surface area contributed by atoms with Gasteiger partial charge in [0.25, 0.3) is 0 Å². The third kappa shape index (κ3) is 2.88. The first-order valence-electron chi connectivity index (χ1n) is 4.88. The molecule has 1 rings (SSSR count). The van der Waals surface area contributed by atoms with Gasteiger partial charge in [0, 0.05) is 0 Å². The van der Waals surface area contributed by atoms with E-state index in [1.165, 1.54) is 0 Å². The van der Waals surface area contributed by atoms with Gasteiger partial charge in [-0.3, -0.25) is 4.57 Å². The zero-order chi connectivity index (χ0) is 12.2. The van der Waals surface area contributed by atoms with Crippen molar-refractivity contribution in [3.63, 3.8) is 0 Å². The summed E-state index contributed by atoms with van der Waals surface area (Å²) in [4.78, 5) is 0. The highest BCUT2D eigenvalue weighted by Gasteiger charge is 2.30. The zero-order valence-electron chi connectivity index (χ0n) is 9.07. The third-order valence-electron chi connectivity index (χ3n) is 1.80. The first-order valence-corrected chi connectivity index (χ1v) is 6.42. The molecular formula is C10H13F2O3P. The number of rotatable bonds is 5. The summed E-state index contributed by atoms with van der Waals surface area (Å²) in [6, 6.07) is 2.68. The van der Waals surface area contributed by atoms with Crippen LogP contribution < -0.4 is 5.30 Å². The molecule has 0 bridgehead atoms. The summed E-state index contributed by atoms with van der Waals surface area (Å²) in [7, 11) is -3.75. The van der Waals surface area contributed by atoms with Crippen molar-refractivity contribution in [2.24, 2.45) is 0 Å². The second-order valence-corrected chi connectivity index (χ2v) is 4.92. The molecule has 0 unspecified atom stereocenters. The van der Waals surface area contributed by atoms with Gasteiger partial charge in [0.1, 0.15) is 16.9 Å². The molecule has 0 heterocycles. The van der Waals surface area contributed by atoms with E-state index < -0.39 is 19.2 Å². The molecule has 0 aromatic heterocycles. The summed E-state index contributed by atoms with van der Waals surface area (Å²) in [5, 5.41) is -0.365. The van der Waals surface area contributed by atoms with Crippen molar-refractivity contribution in [1.82, 2.24) is 0 Å². The fourth-order valence-corrected chi connectivity index (χ4v) is 2.86. The van der Waals surface area contributed by atoms with Crippen LogP contribution in [0.25, 0.3) is 0 Å². The van der Waals surface area contributed by atoms with Crippen molar-refractivity contribution in [1.29, 1.82) is 0 Å². The van der Waals surface area contributed by atoms with E-state index in [4.69, 9.17) is 9.05 Å². The molecule has 6 heteroatoms. The molecule has 0 aliphatic carbocycles. The lowest BCUT2D eigenvalue weighted by atomic mass is 10.3. The Morgan fingerprint density at radius 2 is 1.75 bits per heavy atom. The van der Waals surface area contributed by atoms with Crippen LogP contribution in [0.4, 0.5) is 8.78 Å². The van der Waals surface area contributed by atoms with Gasteiger partial charge >= 0.3 is 7.60 Å². The van der Waals surface area contributed by atoms with Gasteiger partial charge < -0.3 is 9.05 Å². The largest absolute Gasteiger partial charge is 0.364 e. The summed E-state index contributed by atoms with van der Waals surface area (Å²) in [6.45, 7) is 3.38. The molecule has 1 aromatic rings. The van der Waals surface area contributed by atoms with Crippen LogP contribution in [-0.2, 0) is 13.6 Å². The molecule has 0 atom stereocenters. The Morgan fingerprint density at radius 1 is 1.19 bits per heavy atom. The van der Waals surface area contributed by atoms with E-state index in [1.807, 2.05) is 0 Å². The Hall–Kier alpha value is -0.770. The predicted molar refractivity (Wildman–Crippen MR) is 56.9 cm³/mol. The Morgan fingerprint density at radius 3 is 2.25 bits per heavy atom. The molecule has 0 aliphatic heterocycles. The second kappa shape index (κ2) is 5.53. The van der Waals surface area contributed by atoms with Crippen LogP contribution in [0.3, 0.4) is 0 Å². The molecule has 90 valence electrons. The smallest absolute Gasteiger partial charge is 0.305 e. The van der Waals surface area contributed by atoms with Crippen LogP contribution in [-0.4, -0.2) is 13.2 Å². The van der Waals surface area contributed by atoms with Gasteiger partial charge in [-0.05, 0) is 32.0 Å². The van der Waals surface area contributed by atoms with Crippen LogP contribution in [0, 0.1) is 11.6 Å². The molecule has 0 N–H and O–H groups in total. The molecule has 0 saturated heterocycles. The van der Waals surface area contributed by atoms with Gasteiger partial charge in [-0.2, -0.15) is 0 Å². The van der Waals surface area contributed by atoms with E-state index in [2.05, 4.69) is 0 Å². The van der Waals surface area contributed by atoms with E-state index in [1.54, 1.807) is 13.8 Å². The molecule has 0 saturated carbocycles. The maximum Gasteiger partial charge on any atom is 0.364 e. The second-order valence-electron chi connectivity index (χ2n) is 2.93. The Labute approximate surface area is 92.9 Å². The lowest BCUT2D eigenvalue weighted by molar-refractivity contribution is 0.229. The van der Waals surface area contributed by atoms with Gasteiger partial charge in [-0.1, -0.05) is 0 Å². The van der Waals surface area contributed by atoms with Crippen molar-refractivity contribution in [2.45, 2.75) is 13.8 Å². The number of hydrogen-bond donors (Lipinski definition) is 0. The molecule has 1 aromatic carbocycles. The first kappa shape index (κ1) is 13.3. The number of benzene rings is 1. The normalized spacial score (nSPS) is 11.8. The average molecular weight is 250 g/mol. The minimum atomic E-state index is -3.75. The van der Waals surface area contributed by atoms with Gasteiger partial charge in [0.2, 0.25) is 0 Å². The van der Waals surface area contributed by atoms with Crippen LogP contribution >= 0.6 is 7.60 Å². The summed E-state index contributed by atoms with van der Waals surface area (Å²) in [5.74, 6) is -1.48. The summed E-state index contributed by atoms with van der Waals surface area (Å²) in [5.41, 5.74) is 0. The van der Waals surface area contributed by atoms with Crippen molar-refractivity contribution in [2.75, 3.05) is 13.2 Å². The maximum atomic E-state index is 13.4. The lowest BCUT2D eigenvalue weighted by Gasteiger charge is -2.17. The average Bonchev–Trinajstić information content (AvgIpc) is 2.22. The van der Waals surface area contributed by atoms with E-state index in [0.717, 1.165) is 18.2 Å². The van der Waals surface area contributed by atoms with Gasteiger partial charge in [0.15, 0.2) is 0 Å². The lowest BCUT2D eigenvalue weighted by Crippen LogP contribution is -2.15. The molecule has 16 heavy (non-hydrogen) atoms. The van der Waals surface area contributed by atoms with Gasteiger partial charge in [-0.25, -0.2) is 8.78 Å². The SMILES string of the molecule is CCOP(=O)(OCC)c1cc(F)ccc1F. The maximum absolute atomic E-state index is 13.4. The Kier molecular flexibility index (Phi) is 4.59. The van der Waals surface area contributed by atoms with Crippen molar-refractivity contribution >= 4 is 12.9 Å². The minimum absolute atomic E-state index is 0.0905. The topological polar surface area (TPSA) is 35.5 Å². The molecule has 0 amide bonds. The molecule has 3 nitrogen and oxygen atoms in total. The Bertz CT molecular complexity index is 399. The summed E-state index contributed by atoms with van der Waals surface area (Å²) < 4.78 is 48.3. The molecule has 0 spiro atoms. The number of halogens is 2. The fraction of sp³-hybridized carbons (Fsp3) is 0.400. The summed E-state index contributed by atoms with van der Waals surface area (Å²) in [6.07, 6.45) is 0. The van der Waals surface area contributed by atoms with Crippen LogP contribution in [0.15, 0.2) is 18.2 Å². The highest BCUT2D eigenvalue weighted by Crippen LogP contribution is 2.47. The fourth-order valence-electron chi connectivity index (χ4n) is 1.21. The zero-order valence-corrected chi connectivity index (χ0v) is 9.97. The highest BCUT2D eigenvalue weighted by molar-refractivity contribution is 7.62. The van der Waals surface area contributed by atoms with E-state index in [9.17, 15) is 13.3 Å². The standard InChI is InChI=1S/C10H13F2O3P/c1-3-14-16(13,15-4-2)10-7-8(11)5-6-9(10)12/h5-7H,3-4H2,1-2H3. The van der Waals surface area contributed by atoms with Crippen molar-refractivity contribution in [3.8, 4) is 0 Å². The van der Waals surface area contributed by atoms with Gasteiger partial charge in [0.05, 0.1) is 13.2 Å². The monoisotopic (exact) mass is 250 g/mol.